The minimum atomic E-state index is -1.59. The molecule has 0 unspecified atom stereocenters. The maximum Gasteiger partial charge on any atom is 0.377 e. The Kier molecular flexibility index (Phi) is 2.46. The molecule has 17 heavy (non-hydrogen) atoms. The second kappa shape index (κ2) is 3.69. The fraction of sp³-hybridized carbons (Fsp3) is 0.167. The molecule has 0 spiro atoms. The van der Waals surface area contributed by atoms with Gasteiger partial charge >= 0.3 is 5.97 Å². The molecule has 2 N–H and O–H groups in total. The van der Waals surface area contributed by atoms with Gasteiger partial charge < -0.3 is 10.1 Å². The van der Waals surface area contributed by atoms with Crippen LogP contribution in [0.5, 0.6) is 0 Å². The standard InChI is InChI=1S/C12H10FNO3/c1-5-6(2)14-10-8(5)3-7(4-9(10)13)11(15)12(16)17/h3-4,14H,1-2H3,(H,16,17). The second-order valence-electron chi connectivity index (χ2n) is 3.89. The van der Waals surface area contributed by atoms with Gasteiger partial charge in [-0.1, -0.05) is 0 Å². The van der Waals surface area contributed by atoms with Gasteiger partial charge in [-0.05, 0) is 31.5 Å². The third-order valence-electron chi connectivity index (χ3n) is 2.83. The van der Waals surface area contributed by atoms with Crippen molar-refractivity contribution in [2.75, 3.05) is 0 Å². The summed E-state index contributed by atoms with van der Waals surface area (Å²) in [6.45, 7) is 3.57. The molecule has 88 valence electrons. The Bertz CT molecular complexity index is 643. The maximum absolute atomic E-state index is 13.7. The lowest BCUT2D eigenvalue weighted by atomic mass is 10.1. The lowest BCUT2D eigenvalue weighted by molar-refractivity contribution is -0.131. The van der Waals surface area contributed by atoms with Crippen molar-refractivity contribution in [2.24, 2.45) is 0 Å². The number of nitrogens with one attached hydrogen (secondary N) is 1. The zero-order valence-electron chi connectivity index (χ0n) is 9.30. The monoisotopic (exact) mass is 235 g/mol. The first-order chi connectivity index (χ1) is 7.91. The summed E-state index contributed by atoms with van der Waals surface area (Å²) in [5, 5.41) is 9.13. The number of hydrogen-bond acceptors (Lipinski definition) is 2. The van der Waals surface area contributed by atoms with E-state index in [-0.39, 0.29) is 5.56 Å². The number of hydrogen-bond donors (Lipinski definition) is 2. The summed E-state index contributed by atoms with van der Waals surface area (Å²) in [5.74, 6) is -3.32. The number of carbonyl (C=O) groups is 2. The molecule has 0 aliphatic rings. The highest BCUT2D eigenvalue weighted by Gasteiger charge is 2.18. The van der Waals surface area contributed by atoms with E-state index in [1.54, 1.807) is 13.8 Å². The molecule has 0 aliphatic heterocycles. The van der Waals surface area contributed by atoms with Crippen molar-refractivity contribution in [3.63, 3.8) is 0 Å². The van der Waals surface area contributed by atoms with Gasteiger partial charge in [0, 0.05) is 16.6 Å². The van der Waals surface area contributed by atoms with Gasteiger partial charge in [-0.2, -0.15) is 0 Å². The average Bonchev–Trinajstić information content (AvgIpc) is 2.55. The van der Waals surface area contributed by atoms with E-state index < -0.39 is 17.6 Å². The first-order valence-electron chi connectivity index (χ1n) is 4.98. The third kappa shape index (κ3) is 1.69. The number of aliphatic carboxylic acids is 1. The molecule has 0 saturated carbocycles. The van der Waals surface area contributed by atoms with Crippen LogP contribution >= 0.6 is 0 Å². The molecule has 0 saturated heterocycles. The highest BCUT2D eigenvalue weighted by molar-refractivity contribution is 6.40. The van der Waals surface area contributed by atoms with Crippen LogP contribution in [0, 0.1) is 19.7 Å². The minimum Gasteiger partial charge on any atom is -0.475 e. The number of aromatic nitrogens is 1. The fourth-order valence-electron chi connectivity index (χ4n) is 1.77. The summed E-state index contributed by atoms with van der Waals surface area (Å²) in [7, 11) is 0. The van der Waals surface area contributed by atoms with Gasteiger partial charge in [-0.25, -0.2) is 9.18 Å². The van der Waals surface area contributed by atoms with Crippen molar-refractivity contribution in [2.45, 2.75) is 13.8 Å². The number of halogens is 1. The van der Waals surface area contributed by atoms with E-state index in [1.807, 2.05) is 0 Å². The van der Waals surface area contributed by atoms with Gasteiger partial charge in [0.05, 0.1) is 5.52 Å². The molecular weight excluding hydrogens is 225 g/mol. The van der Waals surface area contributed by atoms with Crippen molar-refractivity contribution in [3.8, 4) is 0 Å². The Morgan fingerprint density at radius 2 is 1.94 bits per heavy atom. The van der Waals surface area contributed by atoms with Crippen LogP contribution in [0.2, 0.25) is 0 Å². The van der Waals surface area contributed by atoms with Crippen molar-refractivity contribution in [1.82, 2.24) is 4.98 Å². The third-order valence-corrected chi connectivity index (χ3v) is 2.83. The molecular formula is C12H10FNO3. The summed E-state index contributed by atoms with van der Waals surface area (Å²) in [4.78, 5) is 24.7. The van der Waals surface area contributed by atoms with Gasteiger partial charge in [0.2, 0.25) is 0 Å². The number of benzene rings is 1. The van der Waals surface area contributed by atoms with Gasteiger partial charge in [-0.3, -0.25) is 4.79 Å². The Morgan fingerprint density at radius 3 is 2.53 bits per heavy atom. The number of carbonyl (C=O) groups excluding carboxylic acids is 1. The van der Waals surface area contributed by atoms with Gasteiger partial charge in [0.1, 0.15) is 5.82 Å². The van der Waals surface area contributed by atoms with Gasteiger partial charge in [0.15, 0.2) is 0 Å². The quantitative estimate of drug-likeness (QED) is 0.619. The van der Waals surface area contributed by atoms with E-state index in [1.165, 1.54) is 6.07 Å². The molecule has 1 heterocycles. The number of carboxylic acid groups (broad SMARTS) is 1. The molecule has 1 aromatic carbocycles. The van der Waals surface area contributed by atoms with Gasteiger partial charge in [-0.15, -0.1) is 0 Å². The fourth-order valence-corrected chi connectivity index (χ4v) is 1.77. The number of rotatable bonds is 2. The van der Waals surface area contributed by atoms with Crippen LogP contribution in [0.25, 0.3) is 10.9 Å². The first kappa shape index (κ1) is 11.3. The maximum atomic E-state index is 13.7. The van der Waals surface area contributed by atoms with Crippen molar-refractivity contribution < 1.29 is 19.1 Å². The predicted molar refractivity (Wildman–Crippen MR) is 59.7 cm³/mol. The Morgan fingerprint density at radius 1 is 1.29 bits per heavy atom. The molecule has 0 aliphatic carbocycles. The van der Waals surface area contributed by atoms with Crippen LogP contribution in [0.1, 0.15) is 21.6 Å². The highest BCUT2D eigenvalue weighted by Crippen LogP contribution is 2.25. The van der Waals surface area contributed by atoms with Crippen LogP contribution in [0.4, 0.5) is 4.39 Å². The molecule has 0 bridgehead atoms. The first-order valence-corrected chi connectivity index (χ1v) is 4.98. The average molecular weight is 235 g/mol. The SMILES string of the molecule is Cc1[nH]c2c(F)cc(C(=O)C(=O)O)cc2c1C. The van der Waals surface area contributed by atoms with E-state index in [9.17, 15) is 14.0 Å². The Balaban J connectivity index is 2.74. The number of carboxylic acids is 1. The molecule has 2 aromatic rings. The highest BCUT2D eigenvalue weighted by atomic mass is 19.1. The summed E-state index contributed by atoms with van der Waals surface area (Å²) in [6.07, 6.45) is 0. The van der Waals surface area contributed by atoms with E-state index in [2.05, 4.69) is 4.98 Å². The zero-order chi connectivity index (χ0) is 12.7. The van der Waals surface area contributed by atoms with E-state index in [4.69, 9.17) is 5.11 Å². The van der Waals surface area contributed by atoms with Crippen LogP contribution in [-0.2, 0) is 4.79 Å². The van der Waals surface area contributed by atoms with E-state index in [0.717, 1.165) is 17.3 Å². The molecule has 1 aromatic heterocycles. The normalized spacial score (nSPS) is 10.8. The summed E-state index contributed by atoms with van der Waals surface area (Å²) >= 11 is 0. The van der Waals surface area contributed by atoms with E-state index in [0.29, 0.717) is 10.9 Å². The van der Waals surface area contributed by atoms with Crippen LogP contribution in [0.3, 0.4) is 0 Å². The van der Waals surface area contributed by atoms with Crippen LogP contribution in [-0.4, -0.2) is 21.8 Å². The largest absolute Gasteiger partial charge is 0.475 e. The number of H-pyrrole nitrogens is 1. The van der Waals surface area contributed by atoms with Crippen molar-refractivity contribution in [3.05, 3.63) is 34.8 Å². The van der Waals surface area contributed by atoms with Crippen molar-refractivity contribution in [1.29, 1.82) is 0 Å². The second-order valence-corrected chi connectivity index (χ2v) is 3.89. The van der Waals surface area contributed by atoms with Crippen LogP contribution in [0.15, 0.2) is 12.1 Å². The molecule has 2 rings (SSSR count). The Hall–Kier alpha value is -2.17. The summed E-state index contributed by atoms with van der Waals surface area (Å²) < 4.78 is 13.7. The smallest absolute Gasteiger partial charge is 0.377 e. The number of ketones is 1. The van der Waals surface area contributed by atoms with Crippen molar-refractivity contribution >= 4 is 22.7 Å². The number of aryl methyl sites for hydroxylation is 2. The lowest BCUT2D eigenvalue weighted by Gasteiger charge is -1.99. The summed E-state index contributed by atoms with van der Waals surface area (Å²) in [6, 6.07) is 2.34. The molecule has 5 heteroatoms. The number of Topliss-reactive ketones (excluding diaryl/α,β-unsaturated/α-hetero) is 1. The van der Waals surface area contributed by atoms with Crippen LogP contribution < -0.4 is 0 Å². The Labute approximate surface area is 96.1 Å². The molecule has 0 radical (unpaired) electrons. The number of fused-ring (bicyclic) bond motifs is 1. The number of aromatic amines is 1. The summed E-state index contributed by atoms with van der Waals surface area (Å²) in [5.41, 5.74) is 1.74. The topological polar surface area (TPSA) is 70.2 Å². The molecule has 0 atom stereocenters. The molecule has 0 amide bonds. The predicted octanol–water partition coefficient (Wildman–Crippen LogP) is 2.19. The van der Waals surface area contributed by atoms with E-state index >= 15 is 0 Å². The lowest BCUT2D eigenvalue weighted by Crippen LogP contribution is -2.12. The minimum absolute atomic E-state index is 0.149. The molecule has 0 fully saturated rings. The molecule has 4 nitrogen and oxygen atoms in total. The zero-order valence-corrected chi connectivity index (χ0v) is 9.30. The van der Waals surface area contributed by atoms with Gasteiger partial charge in [0.25, 0.3) is 5.78 Å².